The summed E-state index contributed by atoms with van der Waals surface area (Å²) < 4.78 is 0. The minimum Gasteiger partial charge on any atom is -0.277 e. The van der Waals surface area contributed by atoms with Crippen molar-refractivity contribution in [3.05, 3.63) is 83.4 Å². The SMILES string of the molecule is CC/C=C(C)/C=N/N1[C@H](c2ccccc2)[C@H]1c1ccccc1. The number of hydrogen-bond donors (Lipinski definition) is 0. The fraction of sp³-hybridized carbons (Fsp3) is 0.250. The molecule has 1 aliphatic rings. The molecule has 1 heterocycles. The average molecular weight is 290 g/mol. The first-order valence-corrected chi connectivity index (χ1v) is 7.90. The third-order valence-corrected chi connectivity index (χ3v) is 3.98. The minimum absolute atomic E-state index is 0.342. The van der Waals surface area contributed by atoms with E-state index in [0.717, 1.165) is 6.42 Å². The molecule has 0 amide bonds. The normalized spacial score (nSPS) is 21.4. The van der Waals surface area contributed by atoms with E-state index in [4.69, 9.17) is 5.10 Å². The highest BCUT2D eigenvalue weighted by atomic mass is 15.6. The van der Waals surface area contributed by atoms with Crippen LogP contribution in [-0.4, -0.2) is 11.2 Å². The van der Waals surface area contributed by atoms with Crippen LogP contribution in [0.5, 0.6) is 0 Å². The summed E-state index contributed by atoms with van der Waals surface area (Å²) in [4.78, 5) is 0. The summed E-state index contributed by atoms with van der Waals surface area (Å²) in [6.07, 6.45) is 5.21. The molecule has 0 unspecified atom stereocenters. The van der Waals surface area contributed by atoms with Gasteiger partial charge in [-0.1, -0.05) is 73.7 Å². The lowest BCUT2D eigenvalue weighted by Crippen LogP contribution is -1.91. The van der Waals surface area contributed by atoms with Gasteiger partial charge in [0.05, 0.1) is 12.1 Å². The summed E-state index contributed by atoms with van der Waals surface area (Å²) in [7, 11) is 0. The number of rotatable bonds is 5. The number of hydrazone groups is 1. The summed E-state index contributed by atoms with van der Waals surface area (Å²) >= 11 is 0. The molecule has 2 atom stereocenters. The standard InChI is InChI=1S/C20H22N2/c1-3-10-16(2)15-21-22-19(17-11-6-4-7-12-17)20(22)18-13-8-5-9-14-18/h4-15,19-20H,3H2,1-2H3/b16-10+,21-15+/t19-,20-/m1/s1. The summed E-state index contributed by atoms with van der Waals surface area (Å²) in [6, 6.07) is 21.9. The van der Waals surface area contributed by atoms with Gasteiger partial charge in [0, 0.05) is 6.21 Å². The van der Waals surface area contributed by atoms with Gasteiger partial charge in [0.1, 0.15) is 0 Å². The Bertz CT molecular complexity index is 613. The van der Waals surface area contributed by atoms with Crippen molar-refractivity contribution < 1.29 is 0 Å². The number of allylic oxidation sites excluding steroid dienone is 2. The molecule has 1 aliphatic heterocycles. The van der Waals surface area contributed by atoms with E-state index in [-0.39, 0.29) is 0 Å². The summed E-state index contributed by atoms with van der Waals surface area (Å²) in [6.45, 7) is 4.25. The largest absolute Gasteiger partial charge is 0.277 e. The van der Waals surface area contributed by atoms with Crippen LogP contribution in [0.25, 0.3) is 0 Å². The van der Waals surface area contributed by atoms with Gasteiger partial charge in [-0.15, -0.1) is 0 Å². The van der Waals surface area contributed by atoms with E-state index in [9.17, 15) is 0 Å². The van der Waals surface area contributed by atoms with Crippen molar-refractivity contribution in [1.82, 2.24) is 5.01 Å². The van der Waals surface area contributed by atoms with Gasteiger partial charge in [-0.2, -0.15) is 5.10 Å². The van der Waals surface area contributed by atoms with E-state index in [1.165, 1.54) is 16.7 Å². The molecule has 112 valence electrons. The lowest BCUT2D eigenvalue weighted by molar-refractivity contribution is 0.524. The molecule has 0 radical (unpaired) electrons. The molecule has 2 nitrogen and oxygen atoms in total. The van der Waals surface area contributed by atoms with Crippen LogP contribution in [0.2, 0.25) is 0 Å². The molecular weight excluding hydrogens is 268 g/mol. The predicted molar refractivity (Wildman–Crippen MR) is 92.7 cm³/mol. The van der Waals surface area contributed by atoms with Crippen LogP contribution in [0.15, 0.2) is 77.4 Å². The van der Waals surface area contributed by atoms with Gasteiger partial charge < -0.3 is 0 Å². The van der Waals surface area contributed by atoms with Crippen LogP contribution >= 0.6 is 0 Å². The Balaban J connectivity index is 1.85. The molecule has 0 saturated carbocycles. The van der Waals surface area contributed by atoms with E-state index in [1.807, 2.05) is 6.21 Å². The van der Waals surface area contributed by atoms with Crippen LogP contribution < -0.4 is 0 Å². The molecule has 0 N–H and O–H groups in total. The van der Waals surface area contributed by atoms with Gasteiger partial charge in [-0.25, -0.2) is 0 Å². The Hall–Kier alpha value is -2.35. The lowest BCUT2D eigenvalue weighted by Gasteiger charge is -1.99. The zero-order valence-electron chi connectivity index (χ0n) is 13.2. The topological polar surface area (TPSA) is 15.4 Å². The molecule has 1 fully saturated rings. The predicted octanol–water partition coefficient (Wildman–Crippen LogP) is 5.13. The smallest absolute Gasteiger partial charge is 0.0990 e. The van der Waals surface area contributed by atoms with Gasteiger partial charge in [0.15, 0.2) is 0 Å². The van der Waals surface area contributed by atoms with Crippen LogP contribution in [0.4, 0.5) is 0 Å². The first-order valence-electron chi connectivity index (χ1n) is 7.90. The summed E-state index contributed by atoms with van der Waals surface area (Å²) in [5, 5.41) is 6.90. The van der Waals surface area contributed by atoms with E-state index in [0.29, 0.717) is 12.1 Å². The Morgan fingerprint density at radius 3 is 1.91 bits per heavy atom. The third kappa shape index (κ3) is 3.11. The third-order valence-electron chi connectivity index (χ3n) is 3.98. The molecule has 0 bridgehead atoms. The second-order valence-corrected chi connectivity index (χ2v) is 5.69. The first kappa shape index (κ1) is 14.6. The van der Waals surface area contributed by atoms with Crippen molar-refractivity contribution in [3.63, 3.8) is 0 Å². The molecular formula is C20H22N2. The molecule has 2 aromatic rings. The van der Waals surface area contributed by atoms with Crippen molar-refractivity contribution >= 4 is 6.21 Å². The highest BCUT2D eigenvalue weighted by molar-refractivity contribution is 5.77. The van der Waals surface area contributed by atoms with Crippen LogP contribution in [-0.2, 0) is 0 Å². The quantitative estimate of drug-likeness (QED) is 0.550. The van der Waals surface area contributed by atoms with Gasteiger partial charge >= 0.3 is 0 Å². The lowest BCUT2D eigenvalue weighted by atomic mass is 10.0. The molecule has 3 rings (SSSR count). The Kier molecular flexibility index (Phi) is 4.38. The van der Waals surface area contributed by atoms with Gasteiger partial charge in [-0.05, 0) is 30.0 Å². The maximum atomic E-state index is 4.71. The fourth-order valence-electron chi connectivity index (χ4n) is 2.87. The number of hydrogen-bond acceptors (Lipinski definition) is 2. The monoisotopic (exact) mass is 290 g/mol. The Morgan fingerprint density at radius 1 is 0.955 bits per heavy atom. The molecule has 22 heavy (non-hydrogen) atoms. The molecule has 1 saturated heterocycles. The average Bonchev–Trinajstić information content (AvgIpc) is 3.29. The number of benzene rings is 2. The fourth-order valence-corrected chi connectivity index (χ4v) is 2.87. The van der Waals surface area contributed by atoms with E-state index in [1.54, 1.807) is 0 Å². The van der Waals surface area contributed by atoms with Crippen molar-refractivity contribution in [2.24, 2.45) is 5.10 Å². The Labute approximate surface area is 132 Å². The van der Waals surface area contributed by atoms with Crippen LogP contribution in [0, 0.1) is 0 Å². The van der Waals surface area contributed by atoms with E-state index in [2.05, 4.69) is 85.6 Å². The second-order valence-electron chi connectivity index (χ2n) is 5.69. The zero-order valence-corrected chi connectivity index (χ0v) is 13.2. The van der Waals surface area contributed by atoms with Gasteiger partial charge in [-0.3, -0.25) is 5.01 Å². The highest BCUT2D eigenvalue weighted by Crippen LogP contribution is 2.54. The maximum Gasteiger partial charge on any atom is 0.0990 e. The minimum atomic E-state index is 0.342. The molecule has 2 heteroatoms. The van der Waals surface area contributed by atoms with Crippen molar-refractivity contribution in [2.45, 2.75) is 32.4 Å². The van der Waals surface area contributed by atoms with E-state index >= 15 is 0 Å². The van der Waals surface area contributed by atoms with Gasteiger partial charge in [0.25, 0.3) is 0 Å². The van der Waals surface area contributed by atoms with Crippen molar-refractivity contribution in [2.75, 3.05) is 0 Å². The molecule has 0 spiro atoms. The maximum absolute atomic E-state index is 4.71. The summed E-state index contributed by atoms with van der Waals surface area (Å²) in [5.74, 6) is 0. The van der Waals surface area contributed by atoms with Crippen LogP contribution in [0.1, 0.15) is 43.5 Å². The molecule has 0 aromatic heterocycles. The first-order chi connectivity index (χ1) is 10.8. The van der Waals surface area contributed by atoms with Crippen LogP contribution in [0.3, 0.4) is 0 Å². The van der Waals surface area contributed by atoms with Crippen molar-refractivity contribution in [3.8, 4) is 0 Å². The van der Waals surface area contributed by atoms with Gasteiger partial charge in [0.2, 0.25) is 0 Å². The van der Waals surface area contributed by atoms with E-state index < -0.39 is 0 Å². The second kappa shape index (κ2) is 6.61. The zero-order chi connectivity index (χ0) is 15.4. The highest BCUT2D eigenvalue weighted by Gasteiger charge is 2.49. The number of nitrogens with zero attached hydrogens (tertiary/aromatic N) is 2. The molecule has 0 aliphatic carbocycles. The molecule has 2 aromatic carbocycles. The summed E-state index contributed by atoms with van der Waals surface area (Å²) in [5.41, 5.74) is 3.87. The Morgan fingerprint density at radius 2 is 1.45 bits per heavy atom. The van der Waals surface area contributed by atoms with Crippen molar-refractivity contribution in [1.29, 1.82) is 0 Å².